The van der Waals surface area contributed by atoms with Crippen molar-refractivity contribution in [3.63, 3.8) is 0 Å². The van der Waals surface area contributed by atoms with Gasteiger partial charge in [-0.15, -0.1) is 0 Å². The van der Waals surface area contributed by atoms with Gasteiger partial charge in [0, 0.05) is 34.2 Å². The zero-order chi connectivity index (χ0) is 43.5. The SMILES string of the molecule is C=CC(=O)OCCCCCCOc1ccc(CCOC(=O)C2CCC(C(=O)Oc3ccc4c(c3)nc(Sc3ccc(OCCCCCC)cc3)c3cc(OC)ccc34)CC2)cc1. The summed E-state index contributed by atoms with van der Waals surface area (Å²) in [5, 5.41) is 3.77. The average molecular weight is 862 g/mol. The lowest BCUT2D eigenvalue weighted by Crippen LogP contribution is -2.29. The van der Waals surface area contributed by atoms with E-state index in [-0.39, 0.29) is 29.7 Å². The van der Waals surface area contributed by atoms with Gasteiger partial charge in [-0.25, -0.2) is 9.78 Å². The number of rotatable bonds is 24. The maximum absolute atomic E-state index is 13.4. The first kappa shape index (κ1) is 46.0. The number of hydrogen-bond donors (Lipinski definition) is 0. The van der Waals surface area contributed by atoms with E-state index >= 15 is 0 Å². The van der Waals surface area contributed by atoms with Crippen molar-refractivity contribution in [2.45, 2.75) is 100 Å². The van der Waals surface area contributed by atoms with Crippen LogP contribution in [0.2, 0.25) is 0 Å². The van der Waals surface area contributed by atoms with Crippen LogP contribution in [0.25, 0.3) is 21.7 Å². The molecule has 1 saturated carbocycles. The number of fused-ring (bicyclic) bond motifs is 3. The van der Waals surface area contributed by atoms with E-state index in [1.54, 1.807) is 18.9 Å². The molecule has 0 saturated heterocycles. The van der Waals surface area contributed by atoms with Gasteiger partial charge >= 0.3 is 17.9 Å². The molecule has 10 nitrogen and oxygen atoms in total. The summed E-state index contributed by atoms with van der Waals surface area (Å²) in [6, 6.07) is 27.6. The van der Waals surface area contributed by atoms with Crippen molar-refractivity contribution < 1.29 is 42.8 Å². The van der Waals surface area contributed by atoms with Gasteiger partial charge in [-0.05, 0) is 135 Å². The normalized spacial score (nSPS) is 14.9. The van der Waals surface area contributed by atoms with Crippen LogP contribution in [0.5, 0.6) is 23.0 Å². The molecule has 328 valence electrons. The van der Waals surface area contributed by atoms with E-state index < -0.39 is 0 Å². The van der Waals surface area contributed by atoms with E-state index in [2.05, 4.69) is 25.6 Å². The number of pyridine rings is 1. The Hall–Kier alpha value is -5.55. The van der Waals surface area contributed by atoms with Gasteiger partial charge in [0.25, 0.3) is 0 Å². The highest BCUT2D eigenvalue weighted by atomic mass is 32.2. The van der Waals surface area contributed by atoms with Crippen molar-refractivity contribution in [3.05, 3.63) is 103 Å². The monoisotopic (exact) mass is 861 g/mol. The summed E-state index contributed by atoms with van der Waals surface area (Å²) >= 11 is 1.57. The summed E-state index contributed by atoms with van der Waals surface area (Å²) in [6.07, 6.45) is 12.4. The maximum Gasteiger partial charge on any atom is 0.330 e. The van der Waals surface area contributed by atoms with Crippen molar-refractivity contribution in [1.82, 2.24) is 4.98 Å². The molecule has 5 aromatic rings. The molecular formula is C51H59NO9S. The standard InChI is InChI=1S/C51H59NO9S/c1-4-6-7-10-30-58-40-21-25-43(26-22-40)62-49-46-34-41(56-3)23-27-44(46)45-28-24-42(35-47(45)52-49)61-51(55)38-17-15-37(16-18-38)50(54)60-33-29-36-13-19-39(20-14-36)57-31-11-8-9-12-32-59-48(53)5-2/h5,13-14,19-28,34-35,37-38H,2,4,6-12,15-18,29-33H2,1,3H3. The smallest absolute Gasteiger partial charge is 0.330 e. The molecule has 0 N–H and O–H groups in total. The minimum absolute atomic E-state index is 0.211. The Balaban J connectivity index is 0.950. The van der Waals surface area contributed by atoms with Crippen LogP contribution in [0.1, 0.15) is 89.5 Å². The second-order valence-corrected chi connectivity index (χ2v) is 16.7. The van der Waals surface area contributed by atoms with Gasteiger partial charge in [-0.2, -0.15) is 0 Å². The Morgan fingerprint density at radius 1 is 0.645 bits per heavy atom. The first-order chi connectivity index (χ1) is 30.3. The number of ether oxygens (including phenoxy) is 6. The lowest BCUT2D eigenvalue weighted by Gasteiger charge is -2.26. The first-order valence-corrected chi connectivity index (χ1v) is 22.9. The van der Waals surface area contributed by atoms with Crippen molar-refractivity contribution in [1.29, 1.82) is 0 Å². The third kappa shape index (κ3) is 13.7. The lowest BCUT2D eigenvalue weighted by molar-refractivity contribution is -0.152. The predicted octanol–water partition coefficient (Wildman–Crippen LogP) is 11.7. The molecule has 0 unspecified atom stereocenters. The van der Waals surface area contributed by atoms with Crippen LogP contribution < -0.4 is 18.9 Å². The molecule has 1 aromatic heterocycles. The molecular weight excluding hydrogens is 803 g/mol. The summed E-state index contributed by atoms with van der Waals surface area (Å²) < 4.78 is 34.0. The fourth-order valence-corrected chi connectivity index (χ4v) is 8.44. The average Bonchev–Trinajstić information content (AvgIpc) is 3.30. The molecule has 1 heterocycles. The molecule has 1 fully saturated rings. The molecule has 0 aliphatic heterocycles. The van der Waals surface area contributed by atoms with Crippen molar-refractivity contribution in [2.24, 2.45) is 11.8 Å². The number of esters is 3. The molecule has 0 bridgehead atoms. The van der Waals surface area contributed by atoms with Crippen molar-refractivity contribution in [3.8, 4) is 23.0 Å². The predicted molar refractivity (Wildman–Crippen MR) is 243 cm³/mol. The van der Waals surface area contributed by atoms with E-state index in [1.165, 1.54) is 25.3 Å². The minimum Gasteiger partial charge on any atom is -0.497 e. The van der Waals surface area contributed by atoms with E-state index in [0.29, 0.717) is 64.3 Å². The number of hydrogen-bond acceptors (Lipinski definition) is 11. The molecule has 62 heavy (non-hydrogen) atoms. The third-order valence-electron chi connectivity index (χ3n) is 11.1. The highest BCUT2D eigenvalue weighted by Gasteiger charge is 2.32. The summed E-state index contributed by atoms with van der Waals surface area (Å²) in [7, 11) is 1.66. The van der Waals surface area contributed by atoms with Gasteiger partial charge < -0.3 is 28.4 Å². The number of aromatic nitrogens is 1. The van der Waals surface area contributed by atoms with Crippen LogP contribution >= 0.6 is 11.8 Å². The Labute approximate surface area is 369 Å². The van der Waals surface area contributed by atoms with Crippen molar-refractivity contribution in [2.75, 3.05) is 33.5 Å². The summed E-state index contributed by atoms with van der Waals surface area (Å²) in [5.41, 5.74) is 1.78. The van der Waals surface area contributed by atoms with Crippen LogP contribution in [0.4, 0.5) is 0 Å². The molecule has 0 atom stereocenters. The second kappa shape index (κ2) is 24.2. The molecule has 1 aliphatic carbocycles. The van der Waals surface area contributed by atoms with Crippen LogP contribution in [-0.4, -0.2) is 56.4 Å². The van der Waals surface area contributed by atoms with Gasteiger partial charge in [-0.1, -0.05) is 56.7 Å². The topological polar surface area (TPSA) is 119 Å². The molecule has 4 aromatic carbocycles. The largest absolute Gasteiger partial charge is 0.497 e. The van der Waals surface area contributed by atoms with E-state index in [1.807, 2.05) is 72.8 Å². The lowest BCUT2D eigenvalue weighted by atomic mass is 9.82. The quantitative estimate of drug-likeness (QED) is 0.0194. The number of carbonyl (C=O) groups excluding carboxylic acids is 3. The molecule has 1 aliphatic rings. The zero-order valence-corrected chi connectivity index (χ0v) is 36.9. The molecule has 11 heteroatoms. The first-order valence-electron chi connectivity index (χ1n) is 22.0. The maximum atomic E-state index is 13.4. The Morgan fingerprint density at radius 2 is 1.24 bits per heavy atom. The van der Waals surface area contributed by atoms with Gasteiger partial charge in [0.1, 0.15) is 28.0 Å². The number of benzene rings is 4. The van der Waals surface area contributed by atoms with Crippen LogP contribution in [0.3, 0.4) is 0 Å². The Morgan fingerprint density at radius 3 is 1.90 bits per heavy atom. The summed E-state index contributed by atoms with van der Waals surface area (Å²) in [6.45, 7) is 7.63. The third-order valence-corrected chi connectivity index (χ3v) is 12.1. The van der Waals surface area contributed by atoms with Crippen LogP contribution in [0, 0.1) is 11.8 Å². The fraction of sp³-hybridized carbons (Fsp3) is 0.412. The number of methoxy groups -OCH3 is 1. The molecule has 0 spiro atoms. The number of unbranched alkanes of at least 4 members (excludes halogenated alkanes) is 6. The van der Waals surface area contributed by atoms with E-state index in [9.17, 15) is 14.4 Å². The molecule has 0 radical (unpaired) electrons. The molecule has 6 rings (SSSR count). The van der Waals surface area contributed by atoms with E-state index in [0.717, 1.165) is 86.5 Å². The van der Waals surface area contributed by atoms with Gasteiger partial charge in [-0.3, -0.25) is 9.59 Å². The number of nitrogens with zero attached hydrogens (tertiary/aromatic N) is 1. The van der Waals surface area contributed by atoms with Crippen molar-refractivity contribution >= 4 is 51.3 Å². The summed E-state index contributed by atoms with van der Waals surface area (Å²) in [4.78, 5) is 43.5. The van der Waals surface area contributed by atoms with Crippen LogP contribution in [0.15, 0.2) is 108 Å². The summed E-state index contributed by atoms with van der Waals surface area (Å²) in [5.74, 6) is 1.43. The van der Waals surface area contributed by atoms with Gasteiger partial charge in [0.05, 0.1) is 50.9 Å². The minimum atomic E-state index is -0.384. The van der Waals surface area contributed by atoms with E-state index in [4.69, 9.17) is 33.4 Å². The fourth-order valence-electron chi connectivity index (χ4n) is 7.52. The Kier molecular flexibility index (Phi) is 17.9. The highest BCUT2D eigenvalue weighted by Crippen LogP contribution is 2.39. The van der Waals surface area contributed by atoms with Gasteiger partial charge in [0.2, 0.25) is 0 Å². The zero-order valence-electron chi connectivity index (χ0n) is 36.1. The van der Waals surface area contributed by atoms with Gasteiger partial charge in [0.15, 0.2) is 0 Å². The number of carbonyl (C=O) groups is 3. The highest BCUT2D eigenvalue weighted by molar-refractivity contribution is 7.99. The molecule has 0 amide bonds. The Bertz CT molecular complexity index is 2230. The second-order valence-electron chi connectivity index (χ2n) is 15.7. The van der Waals surface area contributed by atoms with Crippen LogP contribution in [-0.2, 0) is 30.3 Å².